The third-order valence-electron chi connectivity index (χ3n) is 4.97. The Morgan fingerprint density at radius 3 is 2.36 bits per heavy atom. The van der Waals surface area contributed by atoms with Gasteiger partial charge in [0.2, 0.25) is 0 Å². The molecule has 7 nitrogen and oxygen atoms in total. The fourth-order valence-electron chi connectivity index (χ4n) is 3.38. The number of alkyl halides is 3. The third-order valence-corrected chi connectivity index (χ3v) is 4.97. The molecular weight excluding hydrogens is 439 g/mol. The zero-order valence-electron chi connectivity index (χ0n) is 17.5. The fourth-order valence-corrected chi connectivity index (χ4v) is 3.38. The van der Waals surface area contributed by atoms with Gasteiger partial charge in [0.1, 0.15) is 18.5 Å². The molecule has 0 saturated heterocycles. The average Bonchev–Trinajstić information content (AvgIpc) is 2.81. The van der Waals surface area contributed by atoms with Crippen LogP contribution in [0.15, 0.2) is 77.9 Å². The first kappa shape index (κ1) is 23.9. The van der Waals surface area contributed by atoms with Crippen LogP contribution in [-0.2, 0) is 19.9 Å². The summed E-state index contributed by atoms with van der Waals surface area (Å²) in [6.45, 7) is -0.773. The highest BCUT2D eigenvalue weighted by molar-refractivity contribution is 5.88. The monoisotopic (exact) mass is 459 g/mol. The Bertz CT molecular complexity index is 1150. The number of methoxy groups -OCH3 is 1. The first-order valence-electron chi connectivity index (χ1n) is 9.83. The van der Waals surface area contributed by atoms with Crippen LogP contribution in [0, 0.1) is 0 Å². The molecule has 10 heteroatoms. The number of ether oxygens (including phenoxy) is 3. The van der Waals surface area contributed by atoms with Gasteiger partial charge in [-0.15, -0.1) is 0 Å². The van der Waals surface area contributed by atoms with Gasteiger partial charge in [0.25, 0.3) is 5.60 Å². The van der Waals surface area contributed by atoms with Crippen molar-refractivity contribution in [3.63, 3.8) is 0 Å². The first-order valence-corrected chi connectivity index (χ1v) is 9.83. The second-order valence-electron chi connectivity index (χ2n) is 6.98. The fraction of sp³-hybridized carbons (Fsp3) is 0.261. The lowest BCUT2D eigenvalue weighted by molar-refractivity contribution is -0.278. The Morgan fingerprint density at radius 1 is 1.03 bits per heavy atom. The number of halogens is 3. The van der Waals surface area contributed by atoms with Gasteiger partial charge in [-0.1, -0.05) is 71.8 Å². The number of fused-ring (bicyclic) bond motifs is 1. The van der Waals surface area contributed by atoms with Crippen LogP contribution in [-0.4, -0.2) is 38.5 Å². The SMILES string of the molecule is CO[C@@](C(=O)O[C@@H](CN=[N+]=[N-])COc1cccc2ccccc12)(c1ccccc1)C(F)(F)F. The van der Waals surface area contributed by atoms with E-state index in [1.54, 1.807) is 12.1 Å². The van der Waals surface area contributed by atoms with Crippen molar-refractivity contribution in [1.82, 2.24) is 0 Å². The van der Waals surface area contributed by atoms with E-state index in [-0.39, 0.29) is 6.61 Å². The number of hydrogen-bond acceptors (Lipinski definition) is 5. The van der Waals surface area contributed by atoms with Gasteiger partial charge in [0.15, 0.2) is 0 Å². The van der Waals surface area contributed by atoms with Crippen LogP contribution in [0.25, 0.3) is 21.2 Å². The van der Waals surface area contributed by atoms with Gasteiger partial charge in [-0.2, -0.15) is 13.2 Å². The van der Waals surface area contributed by atoms with Crippen LogP contribution in [0.5, 0.6) is 5.75 Å². The minimum atomic E-state index is -5.13. The molecule has 0 fully saturated rings. The van der Waals surface area contributed by atoms with E-state index in [4.69, 9.17) is 19.7 Å². The number of nitrogens with zero attached hydrogens (tertiary/aromatic N) is 3. The number of azide groups is 1. The third kappa shape index (κ3) is 5.02. The highest BCUT2D eigenvalue weighted by Crippen LogP contribution is 2.43. The predicted molar refractivity (Wildman–Crippen MR) is 115 cm³/mol. The summed E-state index contributed by atoms with van der Waals surface area (Å²) in [5.74, 6) is -1.25. The summed E-state index contributed by atoms with van der Waals surface area (Å²) in [6.07, 6.45) is -6.42. The molecule has 3 aromatic rings. The minimum Gasteiger partial charge on any atom is -0.489 e. The van der Waals surface area contributed by atoms with E-state index in [1.807, 2.05) is 30.3 Å². The number of rotatable bonds is 9. The molecule has 0 unspecified atom stereocenters. The van der Waals surface area contributed by atoms with Gasteiger partial charge in [0.05, 0.1) is 6.54 Å². The molecule has 0 bridgehead atoms. The summed E-state index contributed by atoms with van der Waals surface area (Å²) in [7, 11) is 0.775. The van der Waals surface area contributed by atoms with Gasteiger partial charge in [-0.05, 0) is 17.0 Å². The molecule has 3 rings (SSSR count). The van der Waals surface area contributed by atoms with Crippen LogP contribution in [0.4, 0.5) is 13.2 Å². The highest BCUT2D eigenvalue weighted by atomic mass is 19.4. The van der Waals surface area contributed by atoms with Crippen molar-refractivity contribution in [3.05, 3.63) is 88.8 Å². The molecule has 33 heavy (non-hydrogen) atoms. The standard InChI is InChI=1S/C23H20F3N3O4/c1-31-22(23(24,25)26,17-10-3-2-4-11-17)21(30)33-18(14-28-29-27)15-32-20-13-7-9-16-8-5-6-12-19(16)20/h2-13,18H,14-15H2,1H3/t18-,22+/m0/s1. The second-order valence-corrected chi connectivity index (χ2v) is 6.98. The smallest absolute Gasteiger partial charge is 0.432 e. The Labute approximate surface area is 187 Å². The van der Waals surface area contributed by atoms with Crippen molar-refractivity contribution in [2.75, 3.05) is 20.3 Å². The molecule has 0 aromatic heterocycles. The van der Waals surface area contributed by atoms with Crippen LogP contribution in [0.1, 0.15) is 5.56 Å². The second kappa shape index (κ2) is 10.2. The quantitative estimate of drug-likeness (QED) is 0.182. The summed E-state index contributed by atoms with van der Waals surface area (Å²) in [5.41, 5.74) is 4.86. The van der Waals surface area contributed by atoms with Crippen molar-refractivity contribution in [2.24, 2.45) is 5.11 Å². The van der Waals surface area contributed by atoms with Crippen molar-refractivity contribution in [2.45, 2.75) is 17.9 Å². The van der Waals surface area contributed by atoms with Crippen LogP contribution >= 0.6 is 0 Å². The van der Waals surface area contributed by atoms with Gasteiger partial charge in [-0.3, -0.25) is 0 Å². The van der Waals surface area contributed by atoms with Gasteiger partial charge in [0, 0.05) is 23.0 Å². The molecule has 0 saturated carbocycles. The van der Waals surface area contributed by atoms with Crippen molar-refractivity contribution in [1.29, 1.82) is 0 Å². The Kier molecular flexibility index (Phi) is 7.42. The summed E-state index contributed by atoms with van der Waals surface area (Å²) >= 11 is 0. The molecule has 0 aliphatic carbocycles. The van der Waals surface area contributed by atoms with Crippen molar-refractivity contribution < 1.29 is 32.2 Å². The first-order chi connectivity index (χ1) is 15.8. The van der Waals surface area contributed by atoms with E-state index in [0.29, 0.717) is 5.75 Å². The molecule has 0 aliphatic heterocycles. The lowest BCUT2D eigenvalue weighted by Crippen LogP contribution is -2.53. The van der Waals surface area contributed by atoms with Gasteiger partial charge in [-0.25, -0.2) is 4.79 Å². The number of benzene rings is 3. The number of hydrogen-bond donors (Lipinski definition) is 0. The minimum absolute atomic E-state index is 0.342. The molecule has 3 aromatic carbocycles. The summed E-state index contributed by atoms with van der Waals surface area (Å²) in [5, 5.41) is 4.99. The molecule has 0 radical (unpaired) electrons. The molecule has 2 atom stereocenters. The molecule has 0 spiro atoms. The van der Waals surface area contributed by atoms with Crippen LogP contribution < -0.4 is 4.74 Å². The average molecular weight is 459 g/mol. The molecule has 0 aliphatic rings. The number of carbonyl (C=O) groups is 1. The molecule has 0 N–H and O–H groups in total. The van der Waals surface area contributed by atoms with Crippen LogP contribution in [0.3, 0.4) is 0 Å². The van der Waals surface area contributed by atoms with Gasteiger partial charge < -0.3 is 14.2 Å². The maximum atomic E-state index is 14.1. The molecule has 0 heterocycles. The largest absolute Gasteiger partial charge is 0.489 e. The lowest BCUT2D eigenvalue weighted by atomic mass is 9.92. The van der Waals surface area contributed by atoms with Crippen LogP contribution in [0.2, 0.25) is 0 Å². The maximum Gasteiger partial charge on any atom is 0.432 e. The summed E-state index contributed by atoms with van der Waals surface area (Å²) < 4.78 is 57.9. The summed E-state index contributed by atoms with van der Waals surface area (Å²) in [6, 6.07) is 19.1. The van der Waals surface area contributed by atoms with E-state index in [2.05, 4.69) is 10.0 Å². The zero-order valence-corrected chi connectivity index (χ0v) is 17.5. The van der Waals surface area contributed by atoms with E-state index >= 15 is 0 Å². The molecule has 0 amide bonds. The highest BCUT2D eigenvalue weighted by Gasteiger charge is 2.64. The predicted octanol–water partition coefficient (Wildman–Crippen LogP) is 5.54. The van der Waals surface area contributed by atoms with Crippen molar-refractivity contribution >= 4 is 16.7 Å². The van der Waals surface area contributed by atoms with Crippen molar-refractivity contribution in [3.8, 4) is 5.75 Å². The molecule has 172 valence electrons. The number of carbonyl (C=O) groups excluding carboxylic acids is 1. The van der Waals surface area contributed by atoms with E-state index in [1.165, 1.54) is 18.2 Å². The van der Waals surface area contributed by atoms with E-state index < -0.39 is 36.0 Å². The zero-order chi connectivity index (χ0) is 23.9. The number of esters is 1. The van der Waals surface area contributed by atoms with Gasteiger partial charge >= 0.3 is 12.1 Å². The Balaban J connectivity index is 1.88. The normalized spacial score (nSPS) is 14.1. The molecular formula is C23H20F3N3O4. The maximum absolute atomic E-state index is 14.1. The topological polar surface area (TPSA) is 93.5 Å². The lowest BCUT2D eigenvalue weighted by Gasteiger charge is -2.33. The van der Waals surface area contributed by atoms with E-state index in [9.17, 15) is 18.0 Å². The Hall–Kier alpha value is -3.75. The summed E-state index contributed by atoms with van der Waals surface area (Å²) in [4.78, 5) is 15.5. The van der Waals surface area contributed by atoms with E-state index in [0.717, 1.165) is 30.0 Å². The Morgan fingerprint density at radius 2 is 1.70 bits per heavy atom.